The van der Waals surface area contributed by atoms with Crippen molar-refractivity contribution in [2.45, 2.75) is 25.4 Å². The molecule has 4 heteroatoms. The molecule has 0 aliphatic carbocycles. The molecule has 1 N–H and O–H groups in total. The largest absolute Gasteiger partial charge is 0.324 e. The first-order chi connectivity index (χ1) is 11.3. The summed E-state index contributed by atoms with van der Waals surface area (Å²) >= 11 is 0. The van der Waals surface area contributed by atoms with Crippen molar-refractivity contribution in [3.8, 4) is 0 Å². The molecule has 1 amide bonds. The van der Waals surface area contributed by atoms with Crippen LogP contribution in [0.3, 0.4) is 0 Å². The van der Waals surface area contributed by atoms with Crippen molar-refractivity contribution in [2.75, 3.05) is 11.9 Å². The third kappa shape index (κ3) is 3.66. The fraction of sp³-hybridized carbons (Fsp3) is 0.263. The topological polar surface area (TPSA) is 49.4 Å². The first kappa shape index (κ1) is 15.4. The third-order valence-electron chi connectivity index (χ3n) is 4.24. The Hall–Kier alpha value is -2.46. The van der Waals surface area contributed by atoms with Gasteiger partial charge in [0.25, 0.3) is 0 Å². The molecule has 23 heavy (non-hydrogen) atoms. The number of hydrogen-bond donors (Lipinski definition) is 1. The van der Waals surface area contributed by atoms with E-state index < -0.39 is 0 Å². The van der Waals surface area contributed by atoms with Gasteiger partial charge in [0.05, 0.1) is 11.7 Å². The lowest BCUT2D eigenvalue weighted by molar-refractivity contribution is -0.120. The summed E-state index contributed by atoms with van der Waals surface area (Å²) in [7, 11) is 0. The fourth-order valence-corrected chi connectivity index (χ4v) is 3.06. The average molecular weight is 308 g/mol. The van der Waals surface area contributed by atoms with Crippen LogP contribution in [0.2, 0.25) is 0 Å². The summed E-state index contributed by atoms with van der Waals surface area (Å²) in [6, 6.07) is 17.1. The predicted octanol–water partition coefficient (Wildman–Crippen LogP) is 3.10. The van der Waals surface area contributed by atoms with Crippen LogP contribution >= 0.6 is 0 Å². The van der Waals surface area contributed by atoms with Crippen molar-refractivity contribution in [3.63, 3.8) is 0 Å². The number of carbonyl (C=O) groups excluding carboxylic acids is 2. The minimum absolute atomic E-state index is 0.0345. The summed E-state index contributed by atoms with van der Waals surface area (Å²) < 4.78 is 0. The van der Waals surface area contributed by atoms with Crippen molar-refractivity contribution in [2.24, 2.45) is 0 Å². The SMILES string of the molecule is O=Cc1ccccc1NC(=O)C1CCCN1Cc1ccccc1. The van der Waals surface area contributed by atoms with E-state index in [4.69, 9.17) is 0 Å². The van der Waals surface area contributed by atoms with Crippen molar-refractivity contribution >= 4 is 17.9 Å². The summed E-state index contributed by atoms with van der Waals surface area (Å²) in [5, 5.41) is 2.91. The zero-order chi connectivity index (χ0) is 16.1. The van der Waals surface area contributed by atoms with Gasteiger partial charge in [-0.1, -0.05) is 42.5 Å². The number of carbonyl (C=O) groups is 2. The Labute approximate surface area is 136 Å². The van der Waals surface area contributed by atoms with E-state index in [1.165, 1.54) is 5.56 Å². The van der Waals surface area contributed by atoms with Crippen molar-refractivity contribution in [1.29, 1.82) is 0 Å². The number of amides is 1. The van der Waals surface area contributed by atoms with Crippen LogP contribution in [0.4, 0.5) is 5.69 Å². The monoisotopic (exact) mass is 308 g/mol. The number of anilines is 1. The number of nitrogens with one attached hydrogen (secondary N) is 1. The van der Waals surface area contributed by atoms with Gasteiger partial charge in [-0.3, -0.25) is 14.5 Å². The Morgan fingerprint density at radius 1 is 1.13 bits per heavy atom. The molecule has 2 aromatic carbocycles. The van der Waals surface area contributed by atoms with Crippen LogP contribution in [-0.4, -0.2) is 29.7 Å². The number of aldehydes is 1. The van der Waals surface area contributed by atoms with Gasteiger partial charge >= 0.3 is 0 Å². The smallest absolute Gasteiger partial charge is 0.241 e. The molecule has 0 aromatic heterocycles. The summed E-state index contributed by atoms with van der Waals surface area (Å²) in [5.74, 6) is -0.0345. The first-order valence-corrected chi connectivity index (χ1v) is 7.91. The molecule has 1 aliphatic rings. The Morgan fingerprint density at radius 2 is 1.87 bits per heavy atom. The van der Waals surface area contributed by atoms with Crippen LogP contribution in [0.1, 0.15) is 28.8 Å². The minimum atomic E-state index is -0.144. The molecule has 1 atom stereocenters. The highest BCUT2D eigenvalue weighted by Crippen LogP contribution is 2.22. The molecule has 0 radical (unpaired) electrons. The molecule has 0 saturated carbocycles. The zero-order valence-corrected chi connectivity index (χ0v) is 12.9. The molecule has 0 spiro atoms. The molecular formula is C19H20N2O2. The zero-order valence-electron chi connectivity index (χ0n) is 12.9. The molecule has 4 nitrogen and oxygen atoms in total. The molecule has 1 aliphatic heterocycles. The van der Waals surface area contributed by atoms with E-state index in [9.17, 15) is 9.59 Å². The van der Waals surface area contributed by atoms with Gasteiger partial charge in [-0.15, -0.1) is 0 Å². The summed E-state index contributed by atoms with van der Waals surface area (Å²) in [6.45, 7) is 1.69. The van der Waals surface area contributed by atoms with Crippen LogP contribution in [0.15, 0.2) is 54.6 Å². The summed E-state index contributed by atoms with van der Waals surface area (Å²) in [4.78, 5) is 25.9. The van der Waals surface area contributed by atoms with Crippen molar-refractivity contribution in [1.82, 2.24) is 4.90 Å². The lowest BCUT2D eigenvalue weighted by atomic mass is 10.1. The maximum atomic E-state index is 12.6. The molecule has 1 fully saturated rings. The molecule has 3 rings (SSSR count). The van der Waals surface area contributed by atoms with Crippen molar-refractivity contribution < 1.29 is 9.59 Å². The van der Waals surface area contributed by atoms with E-state index in [0.717, 1.165) is 32.2 Å². The highest BCUT2D eigenvalue weighted by molar-refractivity contribution is 5.99. The third-order valence-corrected chi connectivity index (χ3v) is 4.24. The molecular weight excluding hydrogens is 288 g/mol. The van der Waals surface area contributed by atoms with Gasteiger partial charge in [0.15, 0.2) is 6.29 Å². The molecule has 2 aromatic rings. The Morgan fingerprint density at radius 3 is 2.65 bits per heavy atom. The number of likely N-dealkylation sites (tertiary alicyclic amines) is 1. The van der Waals surface area contributed by atoms with E-state index in [2.05, 4.69) is 22.3 Å². The van der Waals surface area contributed by atoms with Crippen LogP contribution in [0.5, 0.6) is 0 Å². The van der Waals surface area contributed by atoms with Gasteiger partial charge in [-0.2, -0.15) is 0 Å². The van der Waals surface area contributed by atoms with Gasteiger partial charge in [0.2, 0.25) is 5.91 Å². The van der Waals surface area contributed by atoms with Gasteiger partial charge in [-0.05, 0) is 37.1 Å². The Balaban J connectivity index is 1.69. The quantitative estimate of drug-likeness (QED) is 0.864. The molecule has 118 valence electrons. The summed E-state index contributed by atoms with van der Waals surface area (Å²) in [5.41, 5.74) is 2.30. The van der Waals surface area contributed by atoms with Crippen LogP contribution < -0.4 is 5.32 Å². The lowest BCUT2D eigenvalue weighted by Crippen LogP contribution is -2.39. The molecule has 1 unspecified atom stereocenters. The minimum Gasteiger partial charge on any atom is -0.324 e. The maximum absolute atomic E-state index is 12.6. The van der Waals surface area contributed by atoms with Crippen LogP contribution in [-0.2, 0) is 11.3 Å². The number of nitrogens with zero attached hydrogens (tertiary/aromatic N) is 1. The van der Waals surface area contributed by atoms with Gasteiger partial charge in [-0.25, -0.2) is 0 Å². The standard InChI is InChI=1S/C19H20N2O2/c22-14-16-9-4-5-10-17(16)20-19(23)18-11-6-12-21(18)13-15-7-2-1-3-8-15/h1-5,7-10,14,18H,6,11-13H2,(H,20,23). The van der Waals surface area contributed by atoms with Crippen LogP contribution in [0.25, 0.3) is 0 Å². The Kier molecular flexibility index (Phi) is 4.83. The summed E-state index contributed by atoms with van der Waals surface area (Å²) in [6.07, 6.45) is 2.63. The fourth-order valence-electron chi connectivity index (χ4n) is 3.06. The number of hydrogen-bond acceptors (Lipinski definition) is 3. The molecule has 1 heterocycles. The van der Waals surface area contributed by atoms with E-state index in [0.29, 0.717) is 11.3 Å². The van der Waals surface area contributed by atoms with Gasteiger partial charge < -0.3 is 5.32 Å². The van der Waals surface area contributed by atoms with Gasteiger partial charge in [0, 0.05) is 12.1 Å². The number of benzene rings is 2. The second kappa shape index (κ2) is 7.20. The average Bonchev–Trinajstić information content (AvgIpc) is 3.04. The highest BCUT2D eigenvalue weighted by atomic mass is 16.2. The van der Waals surface area contributed by atoms with E-state index in [1.54, 1.807) is 18.2 Å². The normalized spacial score (nSPS) is 17.8. The van der Waals surface area contributed by atoms with E-state index in [1.807, 2.05) is 24.3 Å². The van der Waals surface area contributed by atoms with Gasteiger partial charge in [0.1, 0.15) is 0 Å². The first-order valence-electron chi connectivity index (χ1n) is 7.91. The number of rotatable bonds is 5. The number of para-hydroxylation sites is 1. The molecule has 0 bridgehead atoms. The lowest BCUT2D eigenvalue weighted by Gasteiger charge is -2.24. The second-order valence-electron chi connectivity index (χ2n) is 5.81. The second-order valence-corrected chi connectivity index (χ2v) is 5.81. The predicted molar refractivity (Wildman–Crippen MR) is 90.3 cm³/mol. The maximum Gasteiger partial charge on any atom is 0.241 e. The Bertz CT molecular complexity index is 685. The van der Waals surface area contributed by atoms with E-state index in [-0.39, 0.29) is 11.9 Å². The van der Waals surface area contributed by atoms with Crippen molar-refractivity contribution in [3.05, 3.63) is 65.7 Å². The van der Waals surface area contributed by atoms with Crippen LogP contribution in [0, 0.1) is 0 Å². The molecule has 1 saturated heterocycles. The highest BCUT2D eigenvalue weighted by Gasteiger charge is 2.30. The van der Waals surface area contributed by atoms with E-state index >= 15 is 0 Å².